The lowest BCUT2D eigenvalue weighted by molar-refractivity contribution is -0.924. The molecule has 0 bridgehead atoms. The van der Waals surface area contributed by atoms with Gasteiger partial charge in [0.15, 0.2) is 5.82 Å². The summed E-state index contributed by atoms with van der Waals surface area (Å²) >= 11 is 1.78. The summed E-state index contributed by atoms with van der Waals surface area (Å²) in [5.74, 6) is 0.746. The van der Waals surface area contributed by atoms with Gasteiger partial charge in [-0.25, -0.2) is 4.98 Å². The van der Waals surface area contributed by atoms with Gasteiger partial charge in [0.05, 0.1) is 22.8 Å². The van der Waals surface area contributed by atoms with Gasteiger partial charge in [0.2, 0.25) is 0 Å². The predicted octanol–water partition coefficient (Wildman–Crippen LogP) is 2.07. The van der Waals surface area contributed by atoms with Gasteiger partial charge < -0.3 is 9.88 Å². The van der Waals surface area contributed by atoms with E-state index >= 15 is 0 Å². The fourth-order valence-electron chi connectivity index (χ4n) is 2.53. The van der Waals surface area contributed by atoms with Crippen molar-refractivity contribution in [1.82, 2.24) is 9.97 Å². The van der Waals surface area contributed by atoms with Gasteiger partial charge in [0.25, 0.3) is 5.56 Å². The number of aryl methyl sites for hydroxylation is 1. The minimum absolute atomic E-state index is 0.0624. The maximum Gasteiger partial charge on any atom is 0.258 e. The van der Waals surface area contributed by atoms with Crippen LogP contribution in [0, 0.1) is 6.92 Å². The van der Waals surface area contributed by atoms with Gasteiger partial charge in [0, 0.05) is 0 Å². The zero-order valence-electron chi connectivity index (χ0n) is 13.0. The number of fused-ring (bicyclic) bond motifs is 1. The molecule has 3 rings (SSSR count). The Morgan fingerprint density at radius 3 is 2.82 bits per heavy atom. The van der Waals surface area contributed by atoms with Crippen LogP contribution in [0.25, 0.3) is 10.9 Å². The van der Waals surface area contributed by atoms with Crippen LogP contribution in [-0.2, 0) is 6.54 Å². The highest BCUT2D eigenvalue weighted by Crippen LogP contribution is 2.15. The lowest BCUT2D eigenvalue weighted by atomic mass is 10.2. The van der Waals surface area contributed by atoms with E-state index in [2.05, 4.69) is 42.3 Å². The van der Waals surface area contributed by atoms with Crippen molar-refractivity contribution >= 4 is 22.2 Å². The summed E-state index contributed by atoms with van der Waals surface area (Å²) in [6.07, 6.45) is 0. The molecule has 0 radical (unpaired) electrons. The number of para-hydroxylation sites is 1. The summed E-state index contributed by atoms with van der Waals surface area (Å²) in [7, 11) is 2.14. The summed E-state index contributed by atoms with van der Waals surface area (Å²) < 4.78 is 0. The highest BCUT2D eigenvalue weighted by Gasteiger charge is 2.20. The van der Waals surface area contributed by atoms with Gasteiger partial charge in [-0.1, -0.05) is 12.1 Å². The Bertz CT molecular complexity index is 852. The van der Waals surface area contributed by atoms with Crippen LogP contribution in [0.3, 0.4) is 0 Å². The number of aromatic amines is 1. The molecule has 114 valence electrons. The molecule has 0 saturated heterocycles. The standard InChI is InChI=1S/C17H19N3OS/c1-11-8-9-22-15(11)10-20(3)12(2)16-18-14-7-5-4-6-13(14)17(21)19-16/h4-9,12H,10H2,1-3H3,(H,18,19,21)/p+1/t12-/m1/s1. The van der Waals surface area contributed by atoms with E-state index in [1.165, 1.54) is 15.3 Å². The van der Waals surface area contributed by atoms with Crippen molar-refractivity contribution < 1.29 is 4.90 Å². The summed E-state index contributed by atoms with van der Waals surface area (Å²) in [6.45, 7) is 5.17. The number of nitrogens with one attached hydrogen (secondary N) is 2. The quantitative estimate of drug-likeness (QED) is 0.774. The molecule has 0 fully saturated rings. The van der Waals surface area contributed by atoms with Crippen LogP contribution in [0.2, 0.25) is 0 Å². The molecule has 2 aromatic heterocycles. The fraction of sp³-hybridized carbons (Fsp3) is 0.294. The smallest absolute Gasteiger partial charge is 0.258 e. The van der Waals surface area contributed by atoms with Crippen molar-refractivity contribution in [1.29, 1.82) is 0 Å². The van der Waals surface area contributed by atoms with Crippen LogP contribution in [0.15, 0.2) is 40.5 Å². The molecule has 0 saturated carbocycles. The summed E-state index contributed by atoms with van der Waals surface area (Å²) in [5.41, 5.74) is 2.03. The number of hydrogen-bond donors (Lipinski definition) is 2. The summed E-state index contributed by atoms with van der Waals surface area (Å²) in [4.78, 5) is 22.5. The largest absolute Gasteiger partial charge is 0.324 e. The third kappa shape index (κ3) is 2.82. The SMILES string of the molecule is Cc1ccsc1C[NH+](C)[C@H](C)c1nc2ccccc2c(=O)[nH]1. The average molecular weight is 314 g/mol. The normalized spacial score (nSPS) is 14.1. The van der Waals surface area contributed by atoms with Crippen LogP contribution >= 0.6 is 11.3 Å². The van der Waals surface area contributed by atoms with E-state index in [-0.39, 0.29) is 11.6 Å². The van der Waals surface area contributed by atoms with E-state index in [0.29, 0.717) is 5.39 Å². The van der Waals surface area contributed by atoms with Gasteiger partial charge in [-0.05, 0) is 43.0 Å². The van der Waals surface area contributed by atoms with E-state index in [1.807, 2.05) is 18.2 Å². The molecular weight excluding hydrogens is 294 g/mol. The Balaban J connectivity index is 1.90. The molecule has 2 N–H and O–H groups in total. The van der Waals surface area contributed by atoms with Crippen molar-refractivity contribution in [2.75, 3.05) is 7.05 Å². The van der Waals surface area contributed by atoms with Crippen molar-refractivity contribution in [2.45, 2.75) is 26.4 Å². The van der Waals surface area contributed by atoms with Crippen LogP contribution in [0.5, 0.6) is 0 Å². The molecule has 1 aromatic carbocycles. The first kappa shape index (κ1) is 14.9. The molecule has 5 heteroatoms. The first-order chi connectivity index (χ1) is 10.6. The van der Waals surface area contributed by atoms with Gasteiger partial charge in [-0.15, -0.1) is 11.3 Å². The minimum atomic E-state index is -0.0624. The first-order valence-corrected chi connectivity index (χ1v) is 8.28. The Hall–Kier alpha value is -1.98. The second kappa shape index (κ2) is 6.02. The Morgan fingerprint density at radius 1 is 1.32 bits per heavy atom. The molecule has 2 heterocycles. The molecule has 0 amide bonds. The second-order valence-electron chi connectivity index (χ2n) is 5.74. The highest BCUT2D eigenvalue weighted by molar-refractivity contribution is 7.10. The second-order valence-corrected chi connectivity index (χ2v) is 6.74. The third-order valence-electron chi connectivity index (χ3n) is 4.19. The summed E-state index contributed by atoms with van der Waals surface area (Å²) in [6, 6.07) is 9.74. The topological polar surface area (TPSA) is 50.2 Å². The van der Waals surface area contributed by atoms with Crippen molar-refractivity contribution in [2.24, 2.45) is 0 Å². The van der Waals surface area contributed by atoms with Crippen LogP contribution in [0.4, 0.5) is 0 Å². The molecule has 22 heavy (non-hydrogen) atoms. The molecule has 0 spiro atoms. The van der Waals surface area contributed by atoms with Crippen molar-refractivity contribution in [3.8, 4) is 0 Å². The fourth-order valence-corrected chi connectivity index (χ4v) is 3.54. The lowest BCUT2D eigenvalue weighted by Gasteiger charge is -2.21. The Labute approximate surface area is 133 Å². The van der Waals surface area contributed by atoms with E-state index in [1.54, 1.807) is 17.4 Å². The molecule has 3 aromatic rings. The first-order valence-electron chi connectivity index (χ1n) is 7.40. The van der Waals surface area contributed by atoms with Crippen molar-refractivity contribution in [3.05, 3.63) is 62.3 Å². The molecule has 4 nitrogen and oxygen atoms in total. The number of benzene rings is 1. The Kier molecular flexibility index (Phi) is 4.09. The number of thiophene rings is 1. The number of rotatable bonds is 4. The number of aromatic nitrogens is 2. The van der Waals surface area contributed by atoms with Crippen molar-refractivity contribution in [3.63, 3.8) is 0 Å². The zero-order valence-corrected chi connectivity index (χ0v) is 13.8. The van der Waals surface area contributed by atoms with Crippen LogP contribution in [-0.4, -0.2) is 17.0 Å². The molecule has 1 unspecified atom stereocenters. The highest BCUT2D eigenvalue weighted by atomic mass is 32.1. The van der Waals surface area contributed by atoms with E-state index in [9.17, 15) is 4.79 Å². The van der Waals surface area contributed by atoms with Gasteiger partial charge in [-0.2, -0.15) is 0 Å². The molecule has 0 aliphatic carbocycles. The van der Waals surface area contributed by atoms with Gasteiger partial charge in [-0.3, -0.25) is 4.79 Å². The van der Waals surface area contributed by atoms with Crippen LogP contribution < -0.4 is 10.5 Å². The maximum atomic E-state index is 12.2. The molecular formula is C17H20N3OS+. The maximum absolute atomic E-state index is 12.2. The molecule has 0 aliphatic rings. The third-order valence-corrected chi connectivity index (χ3v) is 5.21. The Morgan fingerprint density at radius 2 is 2.09 bits per heavy atom. The molecule has 0 aliphatic heterocycles. The average Bonchev–Trinajstić information content (AvgIpc) is 2.91. The van der Waals surface area contributed by atoms with Gasteiger partial charge >= 0.3 is 0 Å². The number of quaternary nitrogens is 1. The van der Waals surface area contributed by atoms with E-state index < -0.39 is 0 Å². The van der Waals surface area contributed by atoms with Gasteiger partial charge in [0.1, 0.15) is 12.6 Å². The summed E-state index contributed by atoms with van der Waals surface area (Å²) in [5, 5.41) is 2.77. The monoisotopic (exact) mass is 314 g/mol. The van der Waals surface area contributed by atoms with E-state index in [0.717, 1.165) is 17.9 Å². The van der Waals surface area contributed by atoms with Crippen LogP contribution in [0.1, 0.15) is 29.2 Å². The predicted molar refractivity (Wildman–Crippen MR) is 90.4 cm³/mol. The van der Waals surface area contributed by atoms with E-state index in [4.69, 9.17) is 0 Å². The zero-order chi connectivity index (χ0) is 15.7. The molecule has 2 atom stereocenters. The lowest BCUT2D eigenvalue weighted by Crippen LogP contribution is -3.07. The minimum Gasteiger partial charge on any atom is -0.324 e. The number of hydrogen-bond acceptors (Lipinski definition) is 3. The number of nitrogens with zero attached hydrogens (tertiary/aromatic N) is 1. The number of H-pyrrole nitrogens is 1.